The summed E-state index contributed by atoms with van der Waals surface area (Å²) in [6, 6.07) is 0.581. The van der Waals surface area contributed by atoms with E-state index in [-0.39, 0.29) is 0 Å². The molecule has 0 aromatic heterocycles. The van der Waals surface area contributed by atoms with Crippen molar-refractivity contribution >= 4 is 0 Å². The van der Waals surface area contributed by atoms with Crippen LogP contribution in [0, 0.1) is 11.8 Å². The van der Waals surface area contributed by atoms with Gasteiger partial charge >= 0.3 is 0 Å². The highest BCUT2D eigenvalue weighted by Gasteiger charge is 2.22. The molecule has 0 radical (unpaired) electrons. The Bertz CT molecular complexity index is 136. The van der Waals surface area contributed by atoms with E-state index in [4.69, 9.17) is 4.74 Å². The minimum atomic E-state index is 0.364. The summed E-state index contributed by atoms with van der Waals surface area (Å²) in [4.78, 5) is 0. The Morgan fingerprint density at radius 1 is 1.14 bits per heavy atom. The van der Waals surface area contributed by atoms with Crippen LogP contribution in [0.2, 0.25) is 0 Å². The third-order valence-electron chi connectivity index (χ3n) is 3.03. The van der Waals surface area contributed by atoms with Gasteiger partial charge in [-0.05, 0) is 38.6 Å². The Balaban J connectivity index is 4.13. The predicted molar refractivity (Wildman–Crippen MR) is 62.6 cm³/mol. The summed E-state index contributed by atoms with van der Waals surface area (Å²) in [5.41, 5.74) is 0. The van der Waals surface area contributed by atoms with Crippen molar-refractivity contribution in [2.75, 3.05) is 13.7 Å². The van der Waals surface area contributed by atoms with Crippen molar-refractivity contribution in [2.24, 2.45) is 11.8 Å². The molecule has 0 fully saturated rings. The van der Waals surface area contributed by atoms with Crippen LogP contribution in [0.1, 0.15) is 41.0 Å². The van der Waals surface area contributed by atoms with E-state index in [9.17, 15) is 0 Å². The van der Waals surface area contributed by atoms with Crippen molar-refractivity contribution in [1.82, 2.24) is 5.32 Å². The number of rotatable bonds is 7. The molecule has 0 amide bonds. The van der Waals surface area contributed by atoms with Crippen molar-refractivity contribution in [1.29, 1.82) is 0 Å². The molecule has 0 aliphatic rings. The highest BCUT2D eigenvalue weighted by Crippen LogP contribution is 2.22. The van der Waals surface area contributed by atoms with E-state index in [1.165, 1.54) is 0 Å². The third kappa shape index (κ3) is 4.97. The maximum atomic E-state index is 5.33. The first kappa shape index (κ1) is 13.9. The quantitative estimate of drug-likeness (QED) is 0.684. The monoisotopic (exact) mass is 201 g/mol. The molecule has 1 N–H and O–H groups in total. The van der Waals surface area contributed by atoms with Crippen molar-refractivity contribution in [3.05, 3.63) is 0 Å². The second kappa shape index (κ2) is 7.24. The fourth-order valence-corrected chi connectivity index (χ4v) is 2.01. The molecule has 0 saturated heterocycles. The molecule has 0 aliphatic carbocycles. The summed E-state index contributed by atoms with van der Waals surface area (Å²) >= 11 is 0. The van der Waals surface area contributed by atoms with Crippen molar-refractivity contribution in [2.45, 2.75) is 53.2 Å². The minimum Gasteiger partial charge on any atom is -0.382 e. The smallest absolute Gasteiger partial charge is 0.0546 e. The lowest BCUT2D eigenvalue weighted by Gasteiger charge is -2.30. The standard InChI is InChI=1S/C12H27NO/c1-7-13-11(5)12(9(2)3)8-10(4)14-6/h9-13H,7-8H2,1-6H3. The zero-order valence-corrected chi connectivity index (χ0v) is 10.6. The molecule has 14 heavy (non-hydrogen) atoms. The zero-order chi connectivity index (χ0) is 11.1. The zero-order valence-electron chi connectivity index (χ0n) is 10.6. The second-order valence-electron chi connectivity index (χ2n) is 4.54. The summed E-state index contributed by atoms with van der Waals surface area (Å²) in [5, 5.41) is 3.50. The number of ether oxygens (including phenoxy) is 1. The Hall–Kier alpha value is -0.0800. The molecule has 0 saturated carbocycles. The van der Waals surface area contributed by atoms with Gasteiger partial charge in [0.05, 0.1) is 6.10 Å². The van der Waals surface area contributed by atoms with Gasteiger partial charge in [0.15, 0.2) is 0 Å². The summed E-state index contributed by atoms with van der Waals surface area (Å²) in [6.07, 6.45) is 1.51. The maximum Gasteiger partial charge on any atom is 0.0546 e. The lowest BCUT2D eigenvalue weighted by Crippen LogP contribution is -2.37. The summed E-state index contributed by atoms with van der Waals surface area (Å²) < 4.78 is 5.33. The van der Waals surface area contributed by atoms with E-state index < -0.39 is 0 Å². The molecule has 2 nitrogen and oxygen atoms in total. The van der Waals surface area contributed by atoms with E-state index in [0.717, 1.165) is 13.0 Å². The lowest BCUT2D eigenvalue weighted by atomic mass is 9.85. The summed E-state index contributed by atoms with van der Waals surface area (Å²) in [7, 11) is 1.79. The summed E-state index contributed by atoms with van der Waals surface area (Å²) in [5.74, 6) is 1.41. The van der Waals surface area contributed by atoms with E-state index in [0.29, 0.717) is 24.0 Å². The fraction of sp³-hybridized carbons (Fsp3) is 1.00. The Morgan fingerprint density at radius 3 is 2.07 bits per heavy atom. The topological polar surface area (TPSA) is 21.3 Å². The van der Waals surface area contributed by atoms with Crippen LogP contribution in [0.4, 0.5) is 0 Å². The van der Waals surface area contributed by atoms with Crippen molar-refractivity contribution < 1.29 is 4.74 Å². The highest BCUT2D eigenvalue weighted by atomic mass is 16.5. The highest BCUT2D eigenvalue weighted by molar-refractivity contribution is 4.76. The number of hydrogen-bond donors (Lipinski definition) is 1. The van der Waals surface area contributed by atoms with Crippen LogP contribution in [0.15, 0.2) is 0 Å². The van der Waals surface area contributed by atoms with Gasteiger partial charge in [-0.1, -0.05) is 20.8 Å². The molecule has 3 atom stereocenters. The Kier molecular flexibility index (Phi) is 7.20. The largest absolute Gasteiger partial charge is 0.382 e. The molecule has 0 rings (SSSR count). The SMILES string of the molecule is CCNC(C)C(CC(C)OC)C(C)C. The van der Waals surface area contributed by atoms with Crippen LogP contribution in [0.3, 0.4) is 0 Å². The van der Waals surface area contributed by atoms with Crippen LogP contribution >= 0.6 is 0 Å². The molecule has 0 aromatic rings. The molecule has 3 unspecified atom stereocenters. The van der Waals surface area contributed by atoms with Crippen molar-refractivity contribution in [3.63, 3.8) is 0 Å². The molecule has 2 heteroatoms. The first-order valence-electron chi connectivity index (χ1n) is 5.79. The first-order valence-corrected chi connectivity index (χ1v) is 5.79. The molecule has 0 bridgehead atoms. The molecular formula is C12H27NO. The second-order valence-corrected chi connectivity index (χ2v) is 4.54. The van der Waals surface area contributed by atoms with Gasteiger partial charge < -0.3 is 10.1 Å². The van der Waals surface area contributed by atoms with Crippen LogP contribution in [0.5, 0.6) is 0 Å². The van der Waals surface area contributed by atoms with E-state index in [2.05, 4.69) is 39.9 Å². The van der Waals surface area contributed by atoms with Gasteiger partial charge in [0.25, 0.3) is 0 Å². The molecule has 0 spiro atoms. The Morgan fingerprint density at radius 2 is 1.71 bits per heavy atom. The van der Waals surface area contributed by atoms with Gasteiger partial charge in [-0.15, -0.1) is 0 Å². The minimum absolute atomic E-state index is 0.364. The fourth-order valence-electron chi connectivity index (χ4n) is 2.01. The van der Waals surface area contributed by atoms with Crippen LogP contribution in [0.25, 0.3) is 0 Å². The lowest BCUT2D eigenvalue weighted by molar-refractivity contribution is 0.0785. The Labute approximate surface area is 89.4 Å². The predicted octanol–water partition coefficient (Wildman–Crippen LogP) is 2.68. The number of nitrogens with one attached hydrogen (secondary N) is 1. The van der Waals surface area contributed by atoms with Gasteiger partial charge in [-0.3, -0.25) is 0 Å². The average molecular weight is 201 g/mol. The van der Waals surface area contributed by atoms with Gasteiger partial charge in [0.2, 0.25) is 0 Å². The number of hydrogen-bond acceptors (Lipinski definition) is 2. The molecule has 86 valence electrons. The molecule has 0 heterocycles. The molecular weight excluding hydrogens is 174 g/mol. The van der Waals surface area contributed by atoms with E-state index >= 15 is 0 Å². The molecule has 0 aliphatic heterocycles. The summed E-state index contributed by atoms with van der Waals surface area (Å²) in [6.45, 7) is 12.2. The van der Waals surface area contributed by atoms with Gasteiger partial charge in [-0.25, -0.2) is 0 Å². The van der Waals surface area contributed by atoms with Crippen molar-refractivity contribution in [3.8, 4) is 0 Å². The molecule has 0 aromatic carbocycles. The van der Waals surface area contributed by atoms with Gasteiger partial charge in [0.1, 0.15) is 0 Å². The van der Waals surface area contributed by atoms with E-state index in [1.54, 1.807) is 7.11 Å². The van der Waals surface area contributed by atoms with E-state index in [1.807, 2.05) is 0 Å². The van der Waals surface area contributed by atoms with Gasteiger partial charge in [0, 0.05) is 13.2 Å². The third-order valence-corrected chi connectivity index (χ3v) is 3.03. The van der Waals surface area contributed by atoms with Crippen LogP contribution in [-0.4, -0.2) is 25.8 Å². The van der Waals surface area contributed by atoms with Crippen LogP contribution < -0.4 is 5.32 Å². The maximum absolute atomic E-state index is 5.33. The van der Waals surface area contributed by atoms with Gasteiger partial charge in [-0.2, -0.15) is 0 Å². The average Bonchev–Trinajstić information content (AvgIpc) is 2.13. The number of methoxy groups -OCH3 is 1. The first-order chi connectivity index (χ1) is 6.52. The normalized spacial score (nSPS) is 18.2. The van der Waals surface area contributed by atoms with Crippen LogP contribution in [-0.2, 0) is 4.74 Å².